The molecule has 0 aromatic carbocycles. The number of aliphatic carboxylic acids is 1. The third-order valence-electron chi connectivity index (χ3n) is 4.83. The molecule has 0 radical (unpaired) electrons. The largest absolute Gasteiger partial charge is 0.481 e. The van der Waals surface area contributed by atoms with Crippen LogP contribution in [0.3, 0.4) is 0 Å². The number of carbonyl (C=O) groups is 2. The van der Waals surface area contributed by atoms with Crippen LogP contribution in [0, 0.1) is 23.7 Å². The predicted octanol–water partition coefficient (Wildman–Crippen LogP) is 0.757. The van der Waals surface area contributed by atoms with E-state index in [1.54, 1.807) is 11.9 Å². The fourth-order valence-corrected chi connectivity index (χ4v) is 3.74. The van der Waals surface area contributed by atoms with E-state index < -0.39 is 17.8 Å². The topological polar surface area (TPSA) is 66.8 Å². The van der Waals surface area contributed by atoms with Crippen molar-refractivity contribution in [2.45, 2.75) is 18.9 Å². The number of allylic oxidation sites excluding steroid dienone is 2. The lowest BCUT2D eigenvalue weighted by Crippen LogP contribution is -2.45. The van der Waals surface area contributed by atoms with Crippen molar-refractivity contribution in [2.24, 2.45) is 23.7 Å². The molecule has 3 aliphatic rings. The molecule has 1 aliphatic heterocycles. The normalized spacial score (nSPS) is 39.7. The van der Waals surface area contributed by atoms with E-state index in [4.69, 9.17) is 4.74 Å². The lowest BCUT2D eigenvalue weighted by molar-refractivity contribution is -0.151. The number of hydrogen-bond acceptors (Lipinski definition) is 3. The molecule has 0 spiro atoms. The first-order valence-electron chi connectivity index (χ1n) is 6.85. The molecule has 3 unspecified atom stereocenters. The average Bonchev–Trinajstić information content (AvgIpc) is 3.10. The second kappa shape index (κ2) is 4.63. The SMILES string of the molecule is CN(C(=O)[C@H]1C2C=CC(C2)[C@H]1C(=O)O)C1CCOC1. The minimum atomic E-state index is -0.841. The van der Waals surface area contributed by atoms with Gasteiger partial charge in [0.25, 0.3) is 0 Å². The summed E-state index contributed by atoms with van der Waals surface area (Å²) in [5.41, 5.74) is 0. The zero-order chi connectivity index (χ0) is 13.6. The predicted molar refractivity (Wildman–Crippen MR) is 67.3 cm³/mol. The van der Waals surface area contributed by atoms with Crippen molar-refractivity contribution >= 4 is 11.9 Å². The van der Waals surface area contributed by atoms with Gasteiger partial charge in [0.2, 0.25) is 5.91 Å². The molecule has 104 valence electrons. The minimum absolute atomic E-state index is 0.0280. The Morgan fingerprint density at radius 2 is 1.95 bits per heavy atom. The third kappa shape index (κ3) is 1.96. The summed E-state index contributed by atoms with van der Waals surface area (Å²) in [4.78, 5) is 25.7. The maximum absolute atomic E-state index is 12.6. The van der Waals surface area contributed by atoms with Crippen molar-refractivity contribution in [3.05, 3.63) is 12.2 Å². The van der Waals surface area contributed by atoms with Gasteiger partial charge in [0, 0.05) is 13.7 Å². The molecular weight excluding hydrogens is 246 g/mol. The van der Waals surface area contributed by atoms with Gasteiger partial charge in [0.05, 0.1) is 24.5 Å². The van der Waals surface area contributed by atoms with Crippen LogP contribution >= 0.6 is 0 Å². The van der Waals surface area contributed by atoms with Crippen LogP contribution in [0.5, 0.6) is 0 Å². The Labute approximate surface area is 112 Å². The maximum atomic E-state index is 12.6. The lowest BCUT2D eigenvalue weighted by Gasteiger charge is -2.31. The highest BCUT2D eigenvalue weighted by atomic mass is 16.5. The third-order valence-corrected chi connectivity index (χ3v) is 4.83. The molecule has 0 aromatic heterocycles. The summed E-state index contributed by atoms with van der Waals surface area (Å²) >= 11 is 0. The quantitative estimate of drug-likeness (QED) is 0.765. The van der Waals surface area contributed by atoms with Gasteiger partial charge in [-0.3, -0.25) is 9.59 Å². The van der Waals surface area contributed by atoms with E-state index in [0.29, 0.717) is 13.2 Å². The Bertz CT molecular complexity index is 427. The molecule has 2 fully saturated rings. The van der Waals surface area contributed by atoms with Gasteiger partial charge in [-0.25, -0.2) is 0 Å². The van der Waals surface area contributed by atoms with Gasteiger partial charge in [-0.1, -0.05) is 12.2 Å². The number of hydrogen-bond donors (Lipinski definition) is 1. The Kier molecular flexibility index (Phi) is 3.09. The molecule has 1 N–H and O–H groups in total. The highest BCUT2D eigenvalue weighted by Gasteiger charge is 2.52. The molecule has 2 aliphatic carbocycles. The van der Waals surface area contributed by atoms with Crippen molar-refractivity contribution in [1.29, 1.82) is 0 Å². The number of amides is 1. The van der Waals surface area contributed by atoms with Gasteiger partial charge in [-0.05, 0) is 24.7 Å². The number of carboxylic acids is 1. The first kappa shape index (κ1) is 12.7. The molecule has 5 nitrogen and oxygen atoms in total. The molecule has 19 heavy (non-hydrogen) atoms. The van der Waals surface area contributed by atoms with Crippen molar-refractivity contribution in [2.75, 3.05) is 20.3 Å². The summed E-state index contributed by atoms with van der Waals surface area (Å²) in [6.07, 6.45) is 5.64. The standard InChI is InChI=1S/C14H19NO4/c1-15(10-4-5-19-7-10)13(16)11-8-2-3-9(6-8)12(11)14(17)18/h2-3,8-12H,4-7H2,1H3,(H,17,18)/t8?,9?,10?,11-,12+/m0/s1. The van der Waals surface area contributed by atoms with E-state index >= 15 is 0 Å². The number of fused-ring (bicyclic) bond motifs is 2. The zero-order valence-corrected chi connectivity index (χ0v) is 11.0. The number of likely N-dealkylation sites (N-methyl/N-ethyl adjacent to an activating group) is 1. The van der Waals surface area contributed by atoms with E-state index in [1.165, 1.54) is 0 Å². The smallest absolute Gasteiger partial charge is 0.307 e. The maximum Gasteiger partial charge on any atom is 0.307 e. The molecule has 3 rings (SSSR count). The van der Waals surface area contributed by atoms with Crippen LogP contribution < -0.4 is 0 Å². The van der Waals surface area contributed by atoms with Gasteiger partial charge in [-0.2, -0.15) is 0 Å². The summed E-state index contributed by atoms with van der Waals surface area (Å²) in [6, 6.07) is 0.102. The number of ether oxygens (including phenoxy) is 1. The molecule has 2 bridgehead atoms. The van der Waals surface area contributed by atoms with Crippen LogP contribution in [0.1, 0.15) is 12.8 Å². The zero-order valence-electron chi connectivity index (χ0n) is 11.0. The van der Waals surface area contributed by atoms with Crippen molar-refractivity contribution in [3.8, 4) is 0 Å². The highest BCUT2D eigenvalue weighted by Crippen LogP contribution is 2.48. The fraction of sp³-hybridized carbons (Fsp3) is 0.714. The molecule has 1 heterocycles. The van der Waals surface area contributed by atoms with E-state index in [1.807, 2.05) is 12.2 Å². The molecule has 0 aromatic rings. The summed E-state index contributed by atoms with van der Waals surface area (Å²) < 4.78 is 5.30. The summed E-state index contributed by atoms with van der Waals surface area (Å²) in [5, 5.41) is 9.37. The van der Waals surface area contributed by atoms with Crippen molar-refractivity contribution in [1.82, 2.24) is 4.90 Å². The fourth-order valence-electron chi connectivity index (χ4n) is 3.74. The number of nitrogens with zero attached hydrogens (tertiary/aromatic N) is 1. The first-order valence-corrected chi connectivity index (χ1v) is 6.85. The van der Waals surface area contributed by atoms with Crippen LogP contribution in [0.4, 0.5) is 0 Å². The van der Waals surface area contributed by atoms with Gasteiger partial charge in [0.15, 0.2) is 0 Å². The molecule has 1 amide bonds. The first-order chi connectivity index (χ1) is 9.09. The number of rotatable bonds is 3. The van der Waals surface area contributed by atoms with Crippen LogP contribution in [-0.4, -0.2) is 48.2 Å². The van der Waals surface area contributed by atoms with E-state index in [0.717, 1.165) is 12.8 Å². The molecule has 5 atom stereocenters. The molecule has 1 saturated carbocycles. The van der Waals surface area contributed by atoms with Crippen LogP contribution in [-0.2, 0) is 14.3 Å². The van der Waals surface area contributed by atoms with Gasteiger partial charge >= 0.3 is 5.97 Å². The molecule has 5 heteroatoms. The van der Waals surface area contributed by atoms with Crippen molar-refractivity contribution < 1.29 is 19.4 Å². The molecular formula is C14H19NO4. The van der Waals surface area contributed by atoms with Gasteiger partial charge in [0.1, 0.15) is 0 Å². The second-order valence-corrected chi connectivity index (χ2v) is 5.80. The Morgan fingerprint density at radius 3 is 2.53 bits per heavy atom. The Hall–Kier alpha value is -1.36. The van der Waals surface area contributed by atoms with Crippen LogP contribution in [0.15, 0.2) is 12.2 Å². The summed E-state index contributed by atoms with van der Waals surface area (Å²) in [7, 11) is 1.77. The summed E-state index contributed by atoms with van der Waals surface area (Å²) in [5.74, 6) is -1.68. The Balaban J connectivity index is 1.78. The summed E-state index contributed by atoms with van der Waals surface area (Å²) in [6.45, 7) is 1.25. The lowest BCUT2D eigenvalue weighted by atomic mass is 9.82. The van der Waals surface area contributed by atoms with Crippen LogP contribution in [0.2, 0.25) is 0 Å². The molecule has 1 saturated heterocycles. The van der Waals surface area contributed by atoms with E-state index in [2.05, 4.69) is 0 Å². The van der Waals surface area contributed by atoms with Crippen LogP contribution in [0.25, 0.3) is 0 Å². The average molecular weight is 265 g/mol. The number of carboxylic acid groups (broad SMARTS) is 1. The van der Waals surface area contributed by atoms with Crippen molar-refractivity contribution in [3.63, 3.8) is 0 Å². The Morgan fingerprint density at radius 1 is 1.26 bits per heavy atom. The highest BCUT2D eigenvalue weighted by molar-refractivity contribution is 5.87. The van der Waals surface area contributed by atoms with E-state index in [-0.39, 0.29) is 23.8 Å². The van der Waals surface area contributed by atoms with Gasteiger partial charge < -0.3 is 14.7 Å². The van der Waals surface area contributed by atoms with Gasteiger partial charge in [-0.15, -0.1) is 0 Å². The second-order valence-electron chi connectivity index (χ2n) is 5.80. The van der Waals surface area contributed by atoms with E-state index in [9.17, 15) is 14.7 Å². The number of carbonyl (C=O) groups excluding carboxylic acids is 1. The minimum Gasteiger partial charge on any atom is -0.481 e. The monoisotopic (exact) mass is 265 g/mol.